The van der Waals surface area contributed by atoms with E-state index in [0.717, 1.165) is 11.8 Å². The van der Waals surface area contributed by atoms with Crippen molar-refractivity contribution in [3.05, 3.63) is 44.5 Å². The lowest BCUT2D eigenvalue weighted by Crippen LogP contribution is -2.28. The molecule has 0 amide bonds. The molecule has 0 fully saturated rings. The van der Waals surface area contributed by atoms with Gasteiger partial charge >= 0.3 is 11.1 Å². The summed E-state index contributed by atoms with van der Waals surface area (Å²) in [4.78, 5) is 37.7. The van der Waals surface area contributed by atoms with Gasteiger partial charge in [0.15, 0.2) is 0 Å². The third-order valence-corrected chi connectivity index (χ3v) is 2.77. The summed E-state index contributed by atoms with van der Waals surface area (Å²) in [5, 5.41) is 0. The highest BCUT2D eigenvalue weighted by Gasteiger charge is 2.06. The van der Waals surface area contributed by atoms with Crippen LogP contribution in [0.2, 0.25) is 0 Å². The zero-order valence-corrected chi connectivity index (χ0v) is 9.32. The van der Waals surface area contributed by atoms with Gasteiger partial charge in [0, 0.05) is 6.42 Å². The first-order valence-corrected chi connectivity index (χ1v) is 5.31. The molecule has 5 nitrogen and oxygen atoms in total. The van der Waals surface area contributed by atoms with Crippen molar-refractivity contribution < 1.29 is 4.79 Å². The van der Waals surface area contributed by atoms with Crippen LogP contribution in [0.5, 0.6) is 0 Å². The Labute approximate surface area is 96.5 Å². The molecule has 5 heteroatoms. The topological polar surface area (TPSA) is 82.8 Å². The molecular weight excluding hydrogens is 220 g/mol. The van der Waals surface area contributed by atoms with Crippen LogP contribution in [-0.4, -0.2) is 16.3 Å². The molecule has 2 rings (SSSR count). The molecule has 0 radical (unpaired) electrons. The van der Waals surface area contributed by atoms with E-state index >= 15 is 0 Å². The van der Waals surface area contributed by atoms with Crippen LogP contribution in [0.4, 0.5) is 0 Å². The highest BCUT2D eigenvalue weighted by Crippen LogP contribution is 2.20. The lowest BCUT2D eigenvalue weighted by Gasteiger charge is -2.08. The lowest BCUT2D eigenvalue weighted by atomic mass is 9.98. The van der Waals surface area contributed by atoms with E-state index in [4.69, 9.17) is 0 Å². The summed E-state index contributed by atoms with van der Waals surface area (Å²) in [6, 6.07) is 5.34. The normalized spacial score (nSPS) is 12.5. The Morgan fingerprint density at radius 1 is 1.18 bits per heavy atom. The van der Waals surface area contributed by atoms with Crippen LogP contribution < -0.4 is 11.1 Å². The first kappa shape index (κ1) is 11.3. The number of rotatable bonds is 3. The quantitative estimate of drug-likeness (QED) is 0.609. The Balaban J connectivity index is 2.57. The predicted molar refractivity (Wildman–Crippen MR) is 64.3 cm³/mol. The van der Waals surface area contributed by atoms with Gasteiger partial charge in [-0.1, -0.05) is 13.0 Å². The molecule has 88 valence electrons. The zero-order chi connectivity index (χ0) is 12.4. The van der Waals surface area contributed by atoms with Gasteiger partial charge in [0.1, 0.15) is 6.29 Å². The Hall–Kier alpha value is -2.17. The van der Waals surface area contributed by atoms with Crippen LogP contribution in [-0.2, 0) is 4.79 Å². The molecule has 1 aromatic heterocycles. The summed E-state index contributed by atoms with van der Waals surface area (Å²) in [5.41, 5.74) is 0.776. The van der Waals surface area contributed by atoms with Crippen LogP contribution in [0.25, 0.3) is 11.0 Å². The summed E-state index contributed by atoms with van der Waals surface area (Å²) >= 11 is 0. The minimum atomic E-state index is -0.669. The SMILES string of the molecule is CC(CC=O)c1ccc2[nH]c(=O)c(=O)[nH]c2c1. The van der Waals surface area contributed by atoms with E-state index in [0.29, 0.717) is 17.5 Å². The average Bonchev–Trinajstić information content (AvgIpc) is 2.30. The summed E-state index contributed by atoms with van der Waals surface area (Å²) in [6.07, 6.45) is 1.30. The fraction of sp³-hybridized carbons (Fsp3) is 0.250. The van der Waals surface area contributed by atoms with Crippen molar-refractivity contribution in [3.63, 3.8) is 0 Å². The average molecular weight is 232 g/mol. The molecule has 2 aromatic rings. The maximum absolute atomic E-state index is 11.2. The largest absolute Gasteiger partial charge is 0.316 e. The van der Waals surface area contributed by atoms with Gasteiger partial charge in [0.25, 0.3) is 0 Å². The Morgan fingerprint density at radius 3 is 2.47 bits per heavy atom. The molecule has 17 heavy (non-hydrogen) atoms. The first-order chi connectivity index (χ1) is 8.11. The number of hydrogen-bond acceptors (Lipinski definition) is 3. The number of aromatic amines is 2. The smallest absolute Gasteiger partial charge is 0.314 e. The van der Waals surface area contributed by atoms with Crippen molar-refractivity contribution in [2.75, 3.05) is 0 Å². The van der Waals surface area contributed by atoms with Gasteiger partial charge in [-0.25, -0.2) is 0 Å². The molecule has 2 N–H and O–H groups in total. The highest BCUT2D eigenvalue weighted by molar-refractivity contribution is 5.74. The van der Waals surface area contributed by atoms with Crippen molar-refractivity contribution in [1.82, 2.24) is 9.97 Å². The van der Waals surface area contributed by atoms with Crippen molar-refractivity contribution in [2.45, 2.75) is 19.3 Å². The number of H-pyrrole nitrogens is 2. The standard InChI is InChI=1S/C12H12N2O3/c1-7(4-5-15)8-2-3-9-10(6-8)14-12(17)11(16)13-9/h2-3,5-7H,4H2,1H3,(H,13,16)(H,14,17). The fourth-order valence-electron chi connectivity index (χ4n) is 1.72. The van der Waals surface area contributed by atoms with Crippen LogP contribution in [0, 0.1) is 0 Å². The molecule has 0 aliphatic carbocycles. The number of aldehydes is 1. The third-order valence-electron chi connectivity index (χ3n) is 2.77. The Morgan fingerprint density at radius 2 is 1.82 bits per heavy atom. The second kappa shape index (κ2) is 4.37. The summed E-state index contributed by atoms with van der Waals surface area (Å²) in [7, 11) is 0. The van der Waals surface area contributed by atoms with Crippen molar-refractivity contribution in [2.24, 2.45) is 0 Å². The van der Waals surface area contributed by atoms with E-state index in [1.54, 1.807) is 12.1 Å². The summed E-state index contributed by atoms with van der Waals surface area (Å²) in [6.45, 7) is 1.93. The zero-order valence-electron chi connectivity index (χ0n) is 9.32. The van der Waals surface area contributed by atoms with Gasteiger partial charge < -0.3 is 14.8 Å². The Bertz CT molecular complexity index is 669. The minimum absolute atomic E-state index is 0.0901. The predicted octanol–water partition coefficient (Wildman–Crippen LogP) is 0.909. The van der Waals surface area contributed by atoms with Crippen LogP contribution >= 0.6 is 0 Å². The van der Waals surface area contributed by atoms with E-state index < -0.39 is 11.1 Å². The number of carbonyl (C=O) groups excluding carboxylic acids is 1. The number of nitrogens with one attached hydrogen (secondary N) is 2. The van der Waals surface area contributed by atoms with E-state index in [1.807, 2.05) is 13.0 Å². The number of carbonyl (C=O) groups is 1. The number of benzene rings is 1. The van der Waals surface area contributed by atoms with Crippen LogP contribution in [0.15, 0.2) is 27.8 Å². The molecular formula is C12H12N2O3. The van der Waals surface area contributed by atoms with Crippen molar-refractivity contribution >= 4 is 17.3 Å². The molecule has 0 aliphatic heterocycles. The maximum atomic E-state index is 11.2. The maximum Gasteiger partial charge on any atom is 0.314 e. The fourth-order valence-corrected chi connectivity index (χ4v) is 1.72. The number of aromatic nitrogens is 2. The third kappa shape index (κ3) is 2.18. The molecule has 1 aromatic carbocycles. The van der Waals surface area contributed by atoms with Gasteiger partial charge in [0.05, 0.1) is 11.0 Å². The van der Waals surface area contributed by atoms with Crippen molar-refractivity contribution in [3.8, 4) is 0 Å². The first-order valence-electron chi connectivity index (χ1n) is 5.31. The molecule has 1 heterocycles. The molecule has 0 saturated carbocycles. The summed E-state index contributed by atoms with van der Waals surface area (Å²) in [5.74, 6) is 0.0901. The van der Waals surface area contributed by atoms with E-state index in [1.165, 1.54) is 0 Å². The van der Waals surface area contributed by atoms with Gasteiger partial charge in [-0.3, -0.25) is 9.59 Å². The van der Waals surface area contributed by atoms with Crippen LogP contribution in [0.3, 0.4) is 0 Å². The molecule has 0 spiro atoms. The molecule has 1 unspecified atom stereocenters. The molecule has 0 bridgehead atoms. The number of fused-ring (bicyclic) bond motifs is 1. The Kier molecular flexibility index (Phi) is 2.91. The molecule has 0 aliphatic rings. The highest BCUT2D eigenvalue weighted by atomic mass is 16.2. The van der Waals surface area contributed by atoms with Gasteiger partial charge in [-0.05, 0) is 23.6 Å². The molecule has 0 saturated heterocycles. The van der Waals surface area contributed by atoms with Gasteiger partial charge in [-0.2, -0.15) is 0 Å². The van der Waals surface area contributed by atoms with Crippen LogP contribution in [0.1, 0.15) is 24.8 Å². The summed E-state index contributed by atoms with van der Waals surface area (Å²) < 4.78 is 0. The lowest BCUT2D eigenvalue weighted by molar-refractivity contribution is -0.108. The minimum Gasteiger partial charge on any atom is -0.316 e. The molecule has 1 atom stereocenters. The van der Waals surface area contributed by atoms with Crippen molar-refractivity contribution in [1.29, 1.82) is 0 Å². The van der Waals surface area contributed by atoms with Gasteiger partial charge in [-0.15, -0.1) is 0 Å². The monoisotopic (exact) mass is 232 g/mol. The second-order valence-corrected chi connectivity index (χ2v) is 4.02. The van der Waals surface area contributed by atoms with E-state index in [9.17, 15) is 14.4 Å². The second-order valence-electron chi connectivity index (χ2n) is 4.02. The number of hydrogen-bond donors (Lipinski definition) is 2. The van der Waals surface area contributed by atoms with Gasteiger partial charge in [0.2, 0.25) is 0 Å². The van der Waals surface area contributed by atoms with E-state index in [-0.39, 0.29) is 5.92 Å². The van der Waals surface area contributed by atoms with E-state index in [2.05, 4.69) is 9.97 Å².